The standard InChI is InChI=1S/C27H51NO5/c1-5-23-13-14-24(23)25-11-10-12-26(31-4)27(25)33-22-21-32-18-9-7-6-8-15-28(16-19-29-2)17-20-30-3/h11,23-24,26-27H,5-10,12-22H2,1-4H3. The molecule has 1 fully saturated rings. The van der Waals surface area contributed by atoms with Crippen LogP contribution in [0.2, 0.25) is 0 Å². The first-order valence-corrected chi connectivity index (χ1v) is 13.4. The van der Waals surface area contributed by atoms with Gasteiger partial charge in [0.25, 0.3) is 0 Å². The maximum Gasteiger partial charge on any atom is 0.105 e. The summed E-state index contributed by atoms with van der Waals surface area (Å²) in [4.78, 5) is 2.43. The van der Waals surface area contributed by atoms with Crippen molar-refractivity contribution in [3.8, 4) is 0 Å². The Labute approximate surface area is 203 Å². The SMILES string of the molecule is CCC1CCC1C1=CCCC(OC)C1OCCOCCCCCCN(CCOC)CCOC. The van der Waals surface area contributed by atoms with E-state index < -0.39 is 0 Å². The van der Waals surface area contributed by atoms with Gasteiger partial charge in [-0.05, 0) is 62.5 Å². The first-order valence-electron chi connectivity index (χ1n) is 13.4. The van der Waals surface area contributed by atoms with Gasteiger partial charge in [-0.3, -0.25) is 4.90 Å². The fourth-order valence-corrected chi connectivity index (χ4v) is 5.21. The molecular weight excluding hydrogens is 418 g/mol. The molecule has 0 N–H and O–H groups in total. The van der Waals surface area contributed by atoms with Crippen LogP contribution in [0.1, 0.15) is 64.7 Å². The highest BCUT2D eigenvalue weighted by Gasteiger charge is 2.39. The lowest BCUT2D eigenvalue weighted by Gasteiger charge is -2.43. The molecule has 4 atom stereocenters. The van der Waals surface area contributed by atoms with Crippen LogP contribution in [0, 0.1) is 11.8 Å². The summed E-state index contributed by atoms with van der Waals surface area (Å²) >= 11 is 0. The highest BCUT2D eigenvalue weighted by molar-refractivity contribution is 5.21. The van der Waals surface area contributed by atoms with Crippen LogP contribution in [0.25, 0.3) is 0 Å². The lowest BCUT2D eigenvalue weighted by Crippen LogP contribution is -2.42. The van der Waals surface area contributed by atoms with Gasteiger partial charge in [0.05, 0.1) is 32.5 Å². The second kappa shape index (κ2) is 17.9. The second-order valence-electron chi connectivity index (χ2n) is 9.55. The lowest BCUT2D eigenvalue weighted by atomic mass is 9.65. The van der Waals surface area contributed by atoms with Crippen molar-refractivity contribution >= 4 is 0 Å². The van der Waals surface area contributed by atoms with Gasteiger partial charge < -0.3 is 23.7 Å². The summed E-state index contributed by atoms with van der Waals surface area (Å²) in [6.07, 6.45) is 13.7. The van der Waals surface area contributed by atoms with Gasteiger partial charge in [0.1, 0.15) is 6.10 Å². The molecule has 6 nitrogen and oxygen atoms in total. The molecule has 0 aromatic carbocycles. The van der Waals surface area contributed by atoms with Gasteiger partial charge in [-0.15, -0.1) is 0 Å². The molecule has 0 aliphatic heterocycles. The monoisotopic (exact) mass is 469 g/mol. The van der Waals surface area contributed by atoms with E-state index in [4.69, 9.17) is 23.7 Å². The minimum Gasteiger partial charge on any atom is -0.383 e. The third kappa shape index (κ3) is 10.3. The maximum atomic E-state index is 6.34. The van der Waals surface area contributed by atoms with Gasteiger partial charge in [-0.1, -0.05) is 32.3 Å². The molecule has 194 valence electrons. The molecule has 33 heavy (non-hydrogen) atoms. The maximum absolute atomic E-state index is 6.34. The first-order chi connectivity index (χ1) is 16.2. The van der Waals surface area contributed by atoms with Crippen molar-refractivity contribution in [1.82, 2.24) is 4.90 Å². The molecule has 2 aliphatic rings. The minimum absolute atomic E-state index is 0.117. The Balaban J connectivity index is 1.54. The number of rotatable bonds is 20. The number of allylic oxidation sites excluding steroid dienone is 1. The number of hydrogen-bond donors (Lipinski definition) is 0. The third-order valence-electron chi connectivity index (χ3n) is 7.43. The number of unbranched alkanes of at least 4 members (excludes halogenated alkanes) is 3. The van der Waals surface area contributed by atoms with Crippen LogP contribution < -0.4 is 0 Å². The van der Waals surface area contributed by atoms with E-state index in [1.165, 1.54) is 44.1 Å². The minimum atomic E-state index is 0.117. The fourth-order valence-electron chi connectivity index (χ4n) is 5.21. The van der Waals surface area contributed by atoms with E-state index in [1.807, 2.05) is 7.11 Å². The first kappa shape index (κ1) is 28.7. The molecule has 1 saturated carbocycles. The Morgan fingerprint density at radius 3 is 2.21 bits per heavy atom. The van der Waals surface area contributed by atoms with Crippen LogP contribution in [-0.2, 0) is 23.7 Å². The normalized spacial score (nSPS) is 25.3. The van der Waals surface area contributed by atoms with Gasteiger partial charge in [0, 0.05) is 41.0 Å². The van der Waals surface area contributed by atoms with Gasteiger partial charge in [0.15, 0.2) is 0 Å². The Bertz CT molecular complexity index is 505. The van der Waals surface area contributed by atoms with Crippen molar-refractivity contribution in [3.63, 3.8) is 0 Å². The Kier molecular flexibility index (Phi) is 15.6. The molecule has 0 amide bonds. The molecule has 0 heterocycles. The molecule has 0 aromatic rings. The van der Waals surface area contributed by atoms with Gasteiger partial charge in [0.2, 0.25) is 0 Å². The summed E-state index contributed by atoms with van der Waals surface area (Å²) in [6.45, 7) is 9.09. The summed E-state index contributed by atoms with van der Waals surface area (Å²) in [7, 11) is 5.35. The van der Waals surface area contributed by atoms with E-state index in [2.05, 4.69) is 17.9 Å². The van der Waals surface area contributed by atoms with Crippen molar-refractivity contribution < 1.29 is 23.7 Å². The number of nitrogens with zero attached hydrogens (tertiary/aromatic N) is 1. The van der Waals surface area contributed by atoms with E-state index >= 15 is 0 Å². The zero-order chi connectivity index (χ0) is 23.7. The zero-order valence-electron chi connectivity index (χ0n) is 21.9. The molecular formula is C27H51NO5. The number of ether oxygens (including phenoxy) is 5. The van der Waals surface area contributed by atoms with E-state index in [0.717, 1.165) is 64.6 Å². The lowest BCUT2D eigenvalue weighted by molar-refractivity contribution is -0.0687. The summed E-state index contributed by atoms with van der Waals surface area (Å²) in [6, 6.07) is 0. The summed E-state index contributed by atoms with van der Waals surface area (Å²) in [5.41, 5.74) is 1.51. The molecule has 2 rings (SSSR count). The largest absolute Gasteiger partial charge is 0.383 e. The van der Waals surface area contributed by atoms with Crippen molar-refractivity contribution in [2.45, 2.75) is 76.9 Å². The highest BCUT2D eigenvalue weighted by atomic mass is 16.6. The average Bonchev–Trinajstić information content (AvgIpc) is 2.81. The predicted octanol–water partition coefficient (Wildman–Crippen LogP) is 4.71. The fraction of sp³-hybridized carbons (Fsp3) is 0.926. The van der Waals surface area contributed by atoms with Gasteiger partial charge in [-0.2, -0.15) is 0 Å². The molecule has 4 unspecified atom stereocenters. The van der Waals surface area contributed by atoms with Crippen LogP contribution >= 0.6 is 0 Å². The van der Waals surface area contributed by atoms with Crippen molar-refractivity contribution in [3.05, 3.63) is 11.6 Å². The second-order valence-corrected chi connectivity index (χ2v) is 9.55. The van der Waals surface area contributed by atoms with E-state index in [1.54, 1.807) is 14.2 Å². The molecule has 0 saturated heterocycles. The van der Waals surface area contributed by atoms with E-state index in [-0.39, 0.29) is 12.2 Å². The summed E-state index contributed by atoms with van der Waals surface area (Å²) < 4.78 is 28.4. The quantitative estimate of drug-likeness (QED) is 0.190. The molecule has 0 spiro atoms. The number of methoxy groups -OCH3 is 3. The summed E-state index contributed by atoms with van der Waals surface area (Å²) in [5, 5.41) is 0. The van der Waals surface area contributed by atoms with Gasteiger partial charge >= 0.3 is 0 Å². The van der Waals surface area contributed by atoms with Crippen LogP contribution in [0.15, 0.2) is 11.6 Å². The topological polar surface area (TPSA) is 49.4 Å². The predicted molar refractivity (Wildman–Crippen MR) is 134 cm³/mol. The Hall–Kier alpha value is -0.500. The van der Waals surface area contributed by atoms with Crippen LogP contribution in [0.3, 0.4) is 0 Å². The van der Waals surface area contributed by atoms with E-state index in [0.29, 0.717) is 19.1 Å². The number of hydrogen-bond acceptors (Lipinski definition) is 6. The molecule has 0 bridgehead atoms. The zero-order valence-corrected chi connectivity index (χ0v) is 21.9. The molecule has 0 radical (unpaired) electrons. The van der Waals surface area contributed by atoms with E-state index in [9.17, 15) is 0 Å². The van der Waals surface area contributed by atoms with Crippen molar-refractivity contribution in [2.75, 3.05) is 74.0 Å². The molecule has 6 heteroatoms. The van der Waals surface area contributed by atoms with Crippen molar-refractivity contribution in [2.24, 2.45) is 11.8 Å². The van der Waals surface area contributed by atoms with Gasteiger partial charge in [-0.25, -0.2) is 0 Å². The van der Waals surface area contributed by atoms with Crippen molar-refractivity contribution in [1.29, 1.82) is 0 Å². The summed E-state index contributed by atoms with van der Waals surface area (Å²) in [5.74, 6) is 1.54. The molecule has 2 aliphatic carbocycles. The van der Waals surface area contributed by atoms with Crippen LogP contribution in [-0.4, -0.2) is 91.1 Å². The smallest absolute Gasteiger partial charge is 0.105 e. The Morgan fingerprint density at radius 2 is 1.58 bits per heavy atom. The van der Waals surface area contributed by atoms with Crippen LogP contribution in [0.5, 0.6) is 0 Å². The Morgan fingerprint density at radius 1 is 0.818 bits per heavy atom. The highest BCUT2D eigenvalue weighted by Crippen LogP contribution is 2.45. The van der Waals surface area contributed by atoms with Crippen LogP contribution in [0.4, 0.5) is 0 Å². The average molecular weight is 470 g/mol. The third-order valence-corrected chi connectivity index (χ3v) is 7.43. The molecule has 0 aromatic heterocycles.